The average molecular weight is 290 g/mol. The van der Waals surface area contributed by atoms with Gasteiger partial charge in [-0.05, 0) is 44.4 Å². The molecule has 0 aromatic carbocycles. The Morgan fingerprint density at radius 2 is 1.70 bits per heavy atom. The topological polar surface area (TPSA) is 24.9 Å². The van der Waals surface area contributed by atoms with Crippen LogP contribution >= 0.6 is 11.3 Å². The van der Waals surface area contributed by atoms with Gasteiger partial charge in [0.25, 0.3) is 0 Å². The number of nitrogens with zero attached hydrogens (tertiary/aromatic N) is 1. The molecule has 110 valence electrons. The highest BCUT2D eigenvalue weighted by molar-refractivity contribution is 7.11. The van der Waals surface area contributed by atoms with Crippen LogP contribution in [-0.4, -0.2) is 11.0 Å². The van der Waals surface area contributed by atoms with Gasteiger partial charge in [0.05, 0.1) is 10.7 Å². The zero-order valence-electron chi connectivity index (χ0n) is 12.5. The summed E-state index contributed by atoms with van der Waals surface area (Å²) in [5.74, 6) is 2.51. The van der Waals surface area contributed by atoms with Crippen molar-refractivity contribution in [3.8, 4) is 0 Å². The Bertz CT molecular complexity index is 465. The first-order valence-corrected chi connectivity index (χ1v) is 9.34. The maximum atomic E-state index is 5.10. The number of hydrogen-bond donors (Lipinski definition) is 1. The van der Waals surface area contributed by atoms with Crippen molar-refractivity contribution in [2.75, 3.05) is 0 Å². The maximum absolute atomic E-state index is 5.10. The van der Waals surface area contributed by atoms with Gasteiger partial charge in [0.2, 0.25) is 0 Å². The van der Waals surface area contributed by atoms with Crippen LogP contribution in [0.15, 0.2) is 0 Å². The van der Waals surface area contributed by atoms with Crippen molar-refractivity contribution in [3.05, 3.63) is 15.6 Å². The fourth-order valence-corrected chi connectivity index (χ4v) is 4.66. The van der Waals surface area contributed by atoms with Crippen molar-refractivity contribution in [2.24, 2.45) is 5.92 Å². The smallest absolute Gasteiger partial charge is 0.0962 e. The Kier molecular flexibility index (Phi) is 3.59. The number of nitrogens with one attached hydrogen (secondary N) is 1. The van der Waals surface area contributed by atoms with Crippen LogP contribution in [-0.2, 0) is 6.54 Å². The number of aromatic nitrogens is 1. The molecule has 1 heterocycles. The van der Waals surface area contributed by atoms with Crippen molar-refractivity contribution in [3.63, 3.8) is 0 Å². The molecular formula is C17H26N2S. The van der Waals surface area contributed by atoms with E-state index in [9.17, 15) is 0 Å². The zero-order valence-corrected chi connectivity index (χ0v) is 13.3. The molecule has 0 amide bonds. The Labute approximate surface area is 126 Å². The van der Waals surface area contributed by atoms with Gasteiger partial charge in [-0.2, -0.15) is 0 Å². The highest BCUT2D eigenvalue weighted by Crippen LogP contribution is 2.45. The third kappa shape index (κ3) is 2.94. The second-order valence-electron chi connectivity index (χ2n) is 7.25. The summed E-state index contributed by atoms with van der Waals surface area (Å²) in [7, 11) is 0. The molecule has 1 aromatic heterocycles. The molecule has 0 spiro atoms. The van der Waals surface area contributed by atoms with E-state index in [1.807, 2.05) is 11.3 Å². The molecule has 1 N–H and O–H groups in total. The standard InChI is InChI=1S/C17H26N2S/c1-11-2-4-13(5-3-11)17-19-16(12-6-7-12)15(20-17)10-18-14-8-9-14/h11-14,18H,2-10H2,1H3. The van der Waals surface area contributed by atoms with Gasteiger partial charge in [-0.25, -0.2) is 4.98 Å². The molecule has 1 aromatic rings. The van der Waals surface area contributed by atoms with Gasteiger partial charge < -0.3 is 5.32 Å². The zero-order chi connectivity index (χ0) is 13.5. The second-order valence-corrected chi connectivity index (χ2v) is 8.36. The summed E-state index contributed by atoms with van der Waals surface area (Å²) in [5.41, 5.74) is 1.47. The predicted molar refractivity (Wildman–Crippen MR) is 84.3 cm³/mol. The first-order chi connectivity index (χ1) is 9.79. The lowest BCUT2D eigenvalue weighted by Crippen LogP contribution is -2.15. The van der Waals surface area contributed by atoms with Crippen molar-refractivity contribution >= 4 is 11.3 Å². The molecule has 0 atom stereocenters. The fraction of sp³-hybridized carbons (Fsp3) is 0.824. The molecule has 2 nitrogen and oxygen atoms in total. The van der Waals surface area contributed by atoms with E-state index in [1.54, 1.807) is 4.88 Å². The average Bonchev–Trinajstić information content (AvgIpc) is 3.37. The first-order valence-electron chi connectivity index (χ1n) is 8.52. The lowest BCUT2D eigenvalue weighted by Gasteiger charge is -2.24. The van der Waals surface area contributed by atoms with E-state index in [4.69, 9.17) is 4.98 Å². The quantitative estimate of drug-likeness (QED) is 0.859. The lowest BCUT2D eigenvalue weighted by atomic mass is 9.83. The Morgan fingerprint density at radius 1 is 1.00 bits per heavy atom. The van der Waals surface area contributed by atoms with Crippen molar-refractivity contribution < 1.29 is 0 Å². The highest BCUT2D eigenvalue weighted by atomic mass is 32.1. The van der Waals surface area contributed by atoms with Gasteiger partial charge in [-0.3, -0.25) is 0 Å². The van der Waals surface area contributed by atoms with E-state index in [1.165, 1.54) is 62.1 Å². The lowest BCUT2D eigenvalue weighted by molar-refractivity contribution is 0.347. The van der Waals surface area contributed by atoms with Crippen LogP contribution in [0.5, 0.6) is 0 Å². The van der Waals surface area contributed by atoms with Crippen molar-refractivity contribution in [2.45, 2.75) is 82.7 Å². The SMILES string of the molecule is CC1CCC(c2nc(C3CC3)c(CNC3CC3)s2)CC1. The van der Waals surface area contributed by atoms with Crippen LogP contribution in [0.4, 0.5) is 0 Å². The summed E-state index contributed by atoms with van der Waals surface area (Å²) in [5, 5.41) is 5.15. The molecule has 0 bridgehead atoms. The van der Waals surface area contributed by atoms with Crippen LogP contribution in [0.2, 0.25) is 0 Å². The molecule has 20 heavy (non-hydrogen) atoms. The summed E-state index contributed by atoms with van der Waals surface area (Å²) in [6, 6.07) is 0.808. The van der Waals surface area contributed by atoms with Crippen molar-refractivity contribution in [1.29, 1.82) is 0 Å². The van der Waals surface area contributed by atoms with E-state index < -0.39 is 0 Å². The largest absolute Gasteiger partial charge is 0.309 e. The van der Waals surface area contributed by atoms with Gasteiger partial charge in [0, 0.05) is 29.3 Å². The monoisotopic (exact) mass is 290 g/mol. The van der Waals surface area contributed by atoms with Gasteiger partial charge in [-0.1, -0.05) is 19.8 Å². The molecule has 3 heteroatoms. The molecule has 3 fully saturated rings. The van der Waals surface area contributed by atoms with Crippen LogP contribution < -0.4 is 5.32 Å². The fourth-order valence-electron chi connectivity index (χ4n) is 3.39. The van der Waals surface area contributed by atoms with Crippen LogP contribution in [0.1, 0.15) is 85.7 Å². The maximum Gasteiger partial charge on any atom is 0.0962 e. The van der Waals surface area contributed by atoms with E-state index >= 15 is 0 Å². The van der Waals surface area contributed by atoms with Gasteiger partial charge in [0.15, 0.2) is 0 Å². The minimum absolute atomic E-state index is 0.767. The molecule has 3 aliphatic carbocycles. The first kappa shape index (κ1) is 13.3. The molecule has 3 saturated carbocycles. The molecule has 0 unspecified atom stereocenters. The molecule has 3 aliphatic rings. The van der Waals surface area contributed by atoms with Gasteiger partial charge in [-0.15, -0.1) is 11.3 Å². The number of thiazole rings is 1. The molecule has 0 saturated heterocycles. The van der Waals surface area contributed by atoms with E-state index in [2.05, 4.69) is 12.2 Å². The number of hydrogen-bond acceptors (Lipinski definition) is 3. The minimum Gasteiger partial charge on any atom is -0.309 e. The third-order valence-electron chi connectivity index (χ3n) is 5.20. The normalized spacial score (nSPS) is 30.6. The number of rotatable bonds is 5. The Hall–Kier alpha value is -0.410. The van der Waals surface area contributed by atoms with Crippen molar-refractivity contribution in [1.82, 2.24) is 10.3 Å². The summed E-state index contributed by atoms with van der Waals surface area (Å²) < 4.78 is 0. The van der Waals surface area contributed by atoms with E-state index in [0.29, 0.717) is 0 Å². The minimum atomic E-state index is 0.767. The molecule has 0 aliphatic heterocycles. The van der Waals surface area contributed by atoms with Crippen LogP contribution in [0.25, 0.3) is 0 Å². The highest BCUT2D eigenvalue weighted by Gasteiger charge is 2.32. The molecular weight excluding hydrogens is 264 g/mol. The summed E-state index contributed by atoms with van der Waals surface area (Å²) >= 11 is 2.03. The predicted octanol–water partition coefficient (Wildman–Crippen LogP) is 4.57. The van der Waals surface area contributed by atoms with E-state index in [0.717, 1.165) is 30.3 Å². The summed E-state index contributed by atoms with van der Waals surface area (Å²) in [6.45, 7) is 3.48. The van der Waals surface area contributed by atoms with Gasteiger partial charge >= 0.3 is 0 Å². The Balaban J connectivity index is 1.49. The van der Waals surface area contributed by atoms with E-state index in [-0.39, 0.29) is 0 Å². The summed E-state index contributed by atoms with van der Waals surface area (Å²) in [6.07, 6.45) is 11.1. The molecule has 0 radical (unpaired) electrons. The van der Waals surface area contributed by atoms with Crippen LogP contribution in [0.3, 0.4) is 0 Å². The summed E-state index contributed by atoms with van der Waals surface area (Å²) in [4.78, 5) is 6.66. The van der Waals surface area contributed by atoms with Gasteiger partial charge in [0.1, 0.15) is 0 Å². The Morgan fingerprint density at radius 3 is 2.35 bits per heavy atom. The molecule has 4 rings (SSSR count). The van der Waals surface area contributed by atoms with Crippen LogP contribution in [0, 0.1) is 5.92 Å². The third-order valence-corrected chi connectivity index (χ3v) is 6.44. The second kappa shape index (κ2) is 5.42.